The van der Waals surface area contributed by atoms with Crippen molar-refractivity contribution in [2.75, 3.05) is 0 Å². The predicted octanol–water partition coefficient (Wildman–Crippen LogP) is 5.17. The van der Waals surface area contributed by atoms with E-state index in [1.165, 1.54) is 6.07 Å². The molecule has 0 saturated carbocycles. The average Bonchev–Trinajstić information content (AvgIpc) is 2.36. The van der Waals surface area contributed by atoms with Gasteiger partial charge in [0.05, 0.1) is 10.6 Å². The van der Waals surface area contributed by atoms with Crippen molar-refractivity contribution in [3.8, 4) is 0 Å². The quantitative estimate of drug-likeness (QED) is 0.797. The Kier molecular flexibility index (Phi) is 4.85. The van der Waals surface area contributed by atoms with Gasteiger partial charge in [0.15, 0.2) is 0 Å². The van der Waals surface area contributed by atoms with Crippen molar-refractivity contribution in [3.63, 3.8) is 0 Å². The van der Waals surface area contributed by atoms with Crippen molar-refractivity contribution in [3.05, 3.63) is 67.9 Å². The maximum atomic E-state index is 13.1. The van der Waals surface area contributed by atoms with Gasteiger partial charge in [-0.2, -0.15) is 0 Å². The van der Waals surface area contributed by atoms with E-state index >= 15 is 0 Å². The molecule has 5 heteroatoms. The molecular formula is C14H10BrCl2FO. The van der Waals surface area contributed by atoms with E-state index < -0.39 is 6.10 Å². The van der Waals surface area contributed by atoms with Crippen molar-refractivity contribution in [1.29, 1.82) is 0 Å². The second-order valence-corrected chi connectivity index (χ2v) is 5.83. The molecule has 0 fully saturated rings. The van der Waals surface area contributed by atoms with Crippen molar-refractivity contribution in [2.24, 2.45) is 0 Å². The summed E-state index contributed by atoms with van der Waals surface area (Å²) in [5.74, 6) is -0.361. The van der Waals surface area contributed by atoms with E-state index in [1.54, 1.807) is 30.3 Å². The van der Waals surface area contributed by atoms with Gasteiger partial charge in [-0.25, -0.2) is 4.39 Å². The molecule has 0 heterocycles. The van der Waals surface area contributed by atoms with Gasteiger partial charge in [0.1, 0.15) is 5.82 Å². The minimum atomic E-state index is -0.754. The molecule has 100 valence electrons. The summed E-state index contributed by atoms with van der Waals surface area (Å²) < 4.78 is 13.5. The Balaban J connectivity index is 2.20. The third-order valence-electron chi connectivity index (χ3n) is 2.76. The van der Waals surface area contributed by atoms with Crippen LogP contribution >= 0.6 is 39.1 Å². The second-order valence-electron chi connectivity index (χ2n) is 4.13. The van der Waals surface area contributed by atoms with Gasteiger partial charge in [-0.1, -0.05) is 35.3 Å². The summed E-state index contributed by atoms with van der Waals surface area (Å²) >= 11 is 15.0. The van der Waals surface area contributed by atoms with Gasteiger partial charge >= 0.3 is 0 Å². The van der Waals surface area contributed by atoms with Gasteiger partial charge in [0.2, 0.25) is 0 Å². The summed E-state index contributed by atoms with van der Waals surface area (Å²) in [5, 5.41) is 11.2. The standard InChI is InChI=1S/C14H10BrCl2FO/c15-11-5-9(2-4-13(11)18)14(19)6-8-1-3-10(16)7-12(8)17/h1-5,7,14,19H,6H2. The highest BCUT2D eigenvalue weighted by Gasteiger charge is 2.12. The molecule has 0 bridgehead atoms. The van der Waals surface area contributed by atoms with Crippen LogP contribution < -0.4 is 0 Å². The average molecular weight is 364 g/mol. The molecule has 0 radical (unpaired) electrons. The van der Waals surface area contributed by atoms with Crippen molar-refractivity contribution in [1.82, 2.24) is 0 Å². The fraction of sp³-hybridized carbons (Fsp3) is 0.143. The first-order valence-electron chi connectivity index (χ1n) is 5.54. The molecular weight excluding hydrogens is 354 g/mol. The van der Waals surface area contributed by atoms with Gasteiger partial charge in [0, 0.05) is 16.5 Å². The number of hydrogen-bond acceptors (Lipinski definition) is 1. The Morgan fingerprint density at radius 3 is 2.53 bits per heavy atom. The van der Waals surface area contributed by atoms with E-state index in [4.69, 9.17) is 23.2 Å². The Labute approximate surface area is 129 Å². The van der Waals surface area contributed by atoms with Gasteiger partial charge in [-0.15, -0.1) is 0 Å². The number of rotatable bonds is 3. The highest BCUT2D eigenvalue weighted by molar-refractivity contribution is 9.10. The van der Waals surface area contributed by atoms with Gasteiger partial charge in [0.25, 0.3) is 0 Å². The fourth-order valence-electron chi connectivity index (χ4n) is 1.73. The third-order valence-corrected chi connectivity index (χ3v) is 3.95. The maximum absolute atomic E-state index is 13.1. The molecule has 19 heavy (non-hydrogen) atoms. The van der Waals surface area contributed by atoms with Gasteiger partial charge in [-0.3, -0.25) is 0 Å². The molecule has 2 aromatic rings. The summed E-state index contributed by atoms with van der Waals surface area (Å²) in [5.41, 5.74) is 1.42. The maximum Gasteiger partial charge on any atom is 0.137 e. The van der Waals surface area contributed by atoms with Crippen LogP contribution in [0, 0.1) is 5.82 Å². The van der Waals surface area contributed by atoms with Crippen LogP contribution in [0.1, 0.15) is 17.2 Å². The topological polar surface area (TPSA) is 20.2 Å². The molecule has 0 aliphatic heterocycles. The molecule has 0 amide bonds. The van der Waals surface area contributed by atoms with Crippen LogP contribution in [0.15, 0.2) is 40.9 Å². The zero-order chi connectivity index (χ0) is 14.0. The van der Waals surface area contributed by atoms with Crippen LogP contribution in [0.3, 0.4) is 0 Å². The largest absolute Gasteiger partial charge is 0.388 e. The van der Waals surface area contributed by atoms with E-state index in [9.17, 15) is 9.50 Å². The number of hydrogen-bond donors (Lipinski definition) is 1. The molecule has 2 aromatic carbocycles. The van der Waals surface area contributed by atoms with Crippen LogP contribution in [-0.2, 0) is 6.42 Å². The molecule has 0 saturated heterocycles. The first-order chi connectivity index (χ1) is 8.97. The summed E-state index contributed by atoms with van der Waals surface area (Å²) in [4.78, 5) is 0. The minimum absolute atomic E-state index is 0.325. The van der Waals surface area contributed by atoms with Gasteiger partial charge in [-0.05, 0) is 51.3 Å². The Hall–Kier alpha value is -0.610. The first-order valence-corrected chi connectivity index (χ1v) is 7.09. The number of aliphatic hydroxyl groups is 1. The molecule has 1 unspecified atom stereocenters. The SMILES string of the molecule is OC(Cc1ccc(Cl)cc1Cl)c1ccc(F)c(Br)c1. The van der Waals surface area contributed by atoms with E-state index in [1.807, 2.05) is 0 Å². The van der Waals surface area contributed by atoms with Crippen LogP contribution in [0.5, 0.6) is 0 Å². The Bertz CT molecular complexity index is 604. The number of aliphatic hydroxyl groups excluding tert-OH is 1. The lowest BCUT2D eigenvalue weighted by atomic mass is 10.0. The van der Waals surface area contributed by atoms with Crippen molar-refractivity contribution >= 4 is 39.1 Å². The first kappa shape index (κ1) is 14.8. The Morgan fingerprint density at radius 2 is 1.89 bits per heavy atom. The summed E-state index contributed by atoms with van der Waals surface area (Å²) in [6.07, 6.45) is -0.413. The van der Waals surface area contributed by atoms with Crippen LogP contribution in [-0.4, -0.2) is 5.11 Å². The zero-order valence-electron chi connectivity index (χ0n) is 9.71. The highest BCUT2D eigenvalue weighted by atomic mass is 79.9. The van der Waals surface area contributed by atoms with Crippen LogP contribution in [0.25, 0.3) is 0 Å². The lowest BCUT2D eigenvalue weighted by Crippen LogP contribution is -2.02. The molecule has 0 spiro atoms. The smallest absolute Gasteiger partial charge is 0.137 e. The molecule has 2 rings (SSSR count). The van der Waals surface area contributed by atoms with E-state index in [-0.39, 0.29) is 5.82 Å². The molecule has 1 N–H and O–H groups in total. The number of benzene rings is 2. The summed E-state index contributed by atoms with van der Waals surface area (Å²) in [7, 11) is 0. The monoisotopic (exact) mass is 362 g/mol. The van der Waals surface area contributed by atoms with Crippen LogP contribution in [0.2, 0.25) is 10.0 Å². The minimum Gasteiger partial charge on any atom is -0.388 e. The lowest BCUT2D eigenvalue weighted by Gasteiger charge is -2.13. The van der Waals surface area contributed by atoms with Gasteiger partial charge < -0.3 is 5.11 Å². The van der Waals surface area contributed by atoms with Crippen molar-refractivity contribution < 1.29 is 9.50 Å². The van der Waals surface area contributed by atoms with Crippen molar-refractivity contribution in [2.45, 2.75) is 12.5 Å². The molecule has 1 nitrogen and oxygen atoms in total. The summed E-state index contributed by atoms with van der Waals surface area (Å²) in [6.45, 7) is 0. The number of halogens is 4. The summed E-state index contributed by atoms with van der Waals surface area (Å²) in [6, 6.07) is 9.54. The van der Waals surface area contributed by atoms with E-state index in [0.29, 0.717) is 26.5 Å². The molecule has 0 aliphatic rings. The van der Waals surface area contributed by atoms with E-state index in [0.717, 1.165) is 5.56 Å². The predicted molar refractivity (Wildman–Crippen MR) is 79.2 cm³/mol. The molecule has 1 atom stereocenters. The third kappa shape index (κ3) is 3.69. The van der Waals surface area contributed by atoms with E-state index in [2.05, 4.69) is 15.9 Å². The zero-order valence-corrected chi connectivity index (χ0v) is 12.8. The molecule has 0 aromatic heterocycles. The molecule has 0 aliphatic carbocycles. The Morgan fingerprint density at radius 1 is 1.16 bits per heavy atom. The second kappa shape index (κ2) is 6.23. The highest BCUT2D eigenvalue weighted by Crippen LogP contribution is 2.28. The lowest BCUT2D eigenvalue weighted by molar-refractivity contribution is 0.178. The normalized spacial score (nSPS) is 12.5. The van der Waals surface area contributed by atoms with Crippen LogP contribution in [0.4, 0.5) is 4.39 Å². The fourth-order valence-corrected chi connectivity index (χ4v) is 2.62.